The topological polar surface area (TPSA) is 110 Å². The maximum Gasteiger partial charge on any atom is 0.275 e. The number of aromatic nitrogens is 4. The van der Waals surface area contributed by atoms with Crippen molar-refractivity contribution in [2.75, 3.05) is 0 Å². The summed E-state index contributed by atoms with van der Waals surface area (Å²) in [6.07, 6.45) is 0. The molecule has 0 spiro atoms. The molecular weight excluding hydrogens is 561 g/mol. The van der Waals surface area contributed by atoms with Crippen LogP contribution in [-0.2, 0) is 9.59 Å². The molecular formula is C14H4Cl6N6O2S2. The second-order valence-electron chi connectivity index (χ2n) is 5.04. The Hall–Kier alpha value is -1.11. The normalized spacial score (nSPS) is 15.9. The smallest absolute Gasteiger partial charge is 0.275 e. The zero-order chi connectivity index (χ0) is 22.0. The lowest BCUT2D eigenvalue weighted by Crippen LogP contribution is -2.45. The largest absolute Gasteiger partial charge is 0.308 e. The average Bonchev–Trinajstić information content (AvgIpc) is 3.32. The van der Waals surface area contributed by atoms with Gasteiger partial charge in [0.15, 0.2) is 37.6 Å². The average molecular weight is 565 g/mol. The molecule has 16 heteroatoms. The molecule has 1 aliphatic rings. The van der Waals surface area contributed by atoms with Gasteiger partial charge in [0.1, 0.15) is 14.8 Å². The van der Waals surface area contributed by atoms with Gasteiger partial charge in [-0.3, -0.25) is 9.59 Å². The number of alkyl halides is 1. The van der Waals surface area contributed by atoms with E-state index in [1.165, 1.54) is 28.2 Å². The van der Waals surface area contributed by atoms with E-state index in [9.17, 15) is 9.59 Å². The summed E-state index contributed by atoms with van der Waals surface area (Å²) in [5.74, 6) is -0.868. The molecule has 0 saturated carbocycles. The Kier molecular flexibility index (Phi) is 7.86. The monoisotopic (exact) mass is 562 g/mol. The molecule has 2 amide bonds. The fraction of sp³-hybridized carbons (Fsp3) is 0.0714. The minimum Gasteiger partial charge on any atom is -0.308 e. The summed E-state index contributed by atoms with van der Waals surface area (Å²) in [7, 11) is 0. The van der Waals surface area contributed by atoms with E-state index in [0.29, 0.717) is 20.7 Å². The van der Waals surface area contributed by atoms with Crippen molar-refractivity contribution in [2.24, 2.45) is 4.99 Å². The third kappa shape index (κ3) is 5.20. The summed E-state index contributed by atoms with van der Waals surface area (Å²) in [4.78, 5) is 42.6. The molecule has 1 aliphatic heterocycles. The molecule has 0 aliphatic carbocycles. The van der Waals surface area contributed by atoms with Gasteiger partial charge < -0.3 is 5.32 Å². The first-order valence-electron chi connectivity index (χ1n) is 7.33. The van der Waals surface area contributed by atoms with Gasteiger partial charge in [-0.2, -0.15) is 4.99 Å². The number of carbonyl (C=O) groups is 2. The zero-order valence-electron chi connectivity index (χ0n) is 13.9. The van der Waals surface area contributed by atoms with Crippen LogP contribution in [0.25, 0.3) is 10.7 Å². The predicted molar refractivity (Wildman–Crippen MR) is 120 cm³/mol. The fourth-order valence-electron chi connectivity index (χ4n) is 1.85. The van der Waals surface area contributed by atoms with Crippen molar-refractivity contribution < 1.29 is 9.59 Å². The van der Waals surface area contributed by atoms with Gasteiger partial charge in [-0.1, -0.05) is 58.0 Å². The van der Waals surface area contributed by atoms with Crippen LogP contribution in [-0.4, -0.2) is 43.0 Å². The third-order valence-corrected chi connectivity index (χ3v) is 7.08. The van der Waals surface area contributed by atoms with E-state index in [2.05, 4.69) is 30.2 Å². The first kappa shape index (κ1) is 23.6. The van der Waals surface area contributed by atoms with Crippen LogP contribution in [0.2, 0.25) is 25.6 Å². The van der Waals surface area contributed by atoms with Crippen LogP contribution in [0.3, 0.4) is 0 Å². The Morgan fingerprint density at radius 2 is 1.37 bits per heavy atom. The second kappa shape index (κ2) is 10.0. The highest BCUT2D eigenvalue weighted by atomic mass is 35.5. The second-order valence-corrected chi connectivity index (χ2v) is 8.99. The Labute approximate surface area is 206 Å². The Balaban J connectivity index is 0.000000171. The summed E-state index contributed by atoms with van der Waals surface area (Å²) >= 11 is 36.7. The molecule has 4 heterocycles. The molecule has 3 aromatic rings. The van der Waals surface area contributed by atoms with E-state index >= 15 is 0 Å². The van der Waals surface area contributed by atoms with Gasteiger partial charge in [-0.05, 0) is 0 Å². The zero-order valence-corrected chi connectivity index (χ0v) is 20.0. The Morgan fingerprint density at radius 1 is 0.833 bits per heavy atom. The highest BCUT2D eigenvalue weighted by Crippen LogP contribution is 2.33. The van der Waals surface area contributed by atoms with E-state index in [1.807, 2.05) is 0 Å². The minimum absolute atomic E-state index is 0.0936. The van der Waals surface area contributed by atoms with Gasteiger partial charge in [0.05, 0.1) is 11.0 Å². The third-order valence-electron chi connectivity index (χ3n) is 3.15. The summed E-state index contributed by atoms with van der Waals surface area (Å²) in [5.41, 5.74) is 3.07. The van der Waals surface area contributed by atoms with E-state index in [0.717, 1.165) is 0 Å². The lowest BCUT2D eigenvalue weighted by atomic mass is 10.3. The number of amidine groups is 1. The SMILES string of the molecule is Clc1ncsc1-c1nc(Cl)c(Cl)c(Cl)n1.O=C1N=C(c2scnc2Cl)NC(=O)C1Cl. The van der Waals surface area contributed by atoms with Crippen LogP contribution >= 0.6 is 92.3 Å². The number of hydrogen-bond acceptors (Lipinski definition) is 8. The maximum atomic E-state index is 11.2. The van der Waals surface area contributed by atoms with Crippen LogP contribution in [0.1, 0.15) is 4.88 Å². The summed E-state index contributed by atoms with van der Waals surface area (Å²) in [6.45, 7) is 0. The van der Waals surface area contributed by atoms with Crippen LogP contribution in [0.4, 0.5) is 0 Å². The van der Waals surface area contributed by atoms with Crippen molar-refractivity contribution in [1.82, 2.24) is 25.3 Å². The van der Waals surface area contributed by atoms with Gasteiger partial charge in [-0.15, -0.1) is 34.3 Å². The molecule has 1 unspecified atom stereocenters. The lowest BCUT2D eigenvalue weighted by molar-refractivity contribution is -0.127. The highest BCUT2D eigenvalue weighted by molar-refractivity contribution is 7.13. The van der Waals surface area contributed by atoms with Crippen LogP contribution in [0.15, 0.2) is 16.0 Å². The molecule has 0 radical (unpaired) electrons. The van der Waals surface area contributed by atoms with Crippen molar-refractivity contribution >= 4 is 110 Å². The number of nitrogens with one attached hydrogen (secondary N) is 1. The van der Waals surface area contributed by atoms with Gasteiger partial charge >= 0.3 is 0 Å². The minimum atomic E-state index is -1.26. The molecule has 0 fully saturated rings. The van der Waals surface area contributed by atoms with Gasteiger partial charge in [0, 0.05) is 0 Å². The molecule has 4 rings (SSSR count). The van der Waals surface area contributed by atoms with Gasteiger partial charge in [-0.25, -0.2) is 19.9 Å². The number of nitrogens with zero attached hydrogens (tertiary/aromatic N) is 5. The number of aliphatic imine (C=N–C) groups is 1. The van der Waals surface area contributed by atoms with E-state index < -0.39 is 17.2 Å². The summed E-state index contributed by atoms with van der Waals surface area (Å²) < 4.78 is 0. The van der Waals surface area contributed by atoms with Gasteiger partial charge in [0.2, 0.25) is 0 Å². The van der Waals surface area contributed by atoms with Crippen molar-refractivity contribution in [3.63, 3.8) is 0 Å². The van der Waals surface area contributed by atoms with Gasteiger partial charge in [0.25, 0.3) is 11.8 Å². The number of thiazole rings is 2. The quantitative estimate of drug-likeness (QED) is 0.266. The molecule has 1 N–H and O–H groups in total. The van der Waals surface area contributed by atoms with E-state index in [1.54, 1.807) is 5.51 Å². The highest BCUT2D eigenvalue weighted by Gasteiger charge is 2.31. The number of halogens is 6. The molecule has 0 bridgehead atoms. The predicted octanol–water partition coefficient (Wildman–Crippen LogP) is 5.02. The Bertz CT molecular complexity index is 1140. The van der Waals surface area contributed by atoms with Crippen molar-refractivity contribution in [3.05, 3.63) is 41.5 Å². The van der Waals surface area contributed by atoms with E-state index in [-0.39, 0.29) is 26.3 Å². The molecule has 8 nitrogen and oxygen atoms in total. The molecule has 156 valence electrons. The number of rotatable bonds is 2. The molecule has 30 heavy (non-hydrogen) atoms. The molecule has 0 aromatic carbocycles. The molecule has 1 atom stereocenters. The fourth-order valence-corrected chi connectivity index (χ4v) is 4.32. The lowest BCUT2D eigenvalue weighted by Gasteiger charge is -2.14. The molecule has 3 aromatic heterocycles. The Morgan fingerprint density at radius 3 is 1.83 bits per heavy atom. The maximum absolute atomic E-state index is 11.2. The van der Waals surface area contributed by atoms with Crippen molar-refractivity contribution in [2.45, 2.75) is 5.38 Å². The first-order valence-corrected chi connectivity index (χ1v) is 11.4. The van der Waals surface area contributed by atoms with Crippen LogP contribution < -0.4 is 5.32 Å². The van der Waals surface area contributed by atoms with E-state index in [4.69, 9.17) is 69.6 Å². The van der Waals surface area contributed by atoms with Crippen molar-refractivity contribution in [3.8, 4) is 10.7 Å². The summed E-state index contributed by atoms with van der Waals surface area (Å²) in [6, 6.07) is 0. The number of hydrogen-bond donors (Lipinski definition) is 1. The van der Waals surface area contributed by atoms with Crippen LogP contribution in [0.5, 0.6) is 0 Å². The molecule has 0 saturated heterocycles. The first-order chi connectivity index (χ1) is 14.2. The number of carbonyl (C=O) groups excluding carboxylic acids is 2. The van der Waals surface area contributed by atoms with Crippen LogP contribution in [0, 0.1) is 0 Å². The van der Waals surface area contributed by atoms with Crippen molar-refractivity contribution in [1.29, 1.82) is 0 Å². The number of amides is 2. The standard InChI is InChI=1S/C7HCl4N3S.C7H3Cl2N3O2S/c8-2-4(9)13-7(14-5(2)10)3-6(11)12-1-15-3;8-2-6(13)11-5(12-7(2)14)3-4(9)10-1-15-3/h1H;1-2H,(H,11,12,13,14). The summed E-state index contributed by atoms with van der Waals surface area (Å²) in [5, 5.41) is 1.94.